The maximum Gasteiger partial charge on any atom is 1.00 e. The predicted molar refractivity (Wildman–Crippen MR) is 22.2 cm³/mol. The number of hydrogen-bond donors (Lipinski definition) is 0. The molecule has 1 fully saturated rings. The van der Waals surface area contributed by atoms with Crippen molar-refractivity contribution in [1.29, 1.82) is 0 Å². The van der Waals surface area contributed by atoms with Crippen molar-refractivity contribution in [3.8, 4) is 0 Å². The maximum atomic E-state index is 4.57. The van der Waals surface area contributed by atoms with Crippen molar-refractivity contribution < 1.29 is 40.8 Å². The first-order valence-electron chi connectivity index (χ1n) is 2.24. The van der Waals surface area contributed by atoms with Gasteiger partial charge in [-0.15, -0.1) is 0 Å². The summed E-state index contributed by atoms with van der Waals surface area (Å²) >= 11 is 0. The van der Waals surface area contributed by atoms with Gasteiger partial charge in [-0.3, -0.25) is 0 Å². The van der Waals surface area contributed by atoms with E-state index < -0.39 is 0 Å². The van der Waals surface area contributed by atoms with Crippen LogP contribution in [0.15, 0.2) is 0 Å². The molecule has 0 N–H and O–H groups in total. The van der Waals surface area contributed by atoms with Crippen LogP contribution in [0.5, 0.6) is 0 Å². The summed E-state index contributed by atoms with van der Waals surface area (Å²) in [5.41, 5.74) is 0. The molecule has 38 valence electrons. The van der Waals surface area contributed by atoms with Gasteiger partial charge in [-0.05, 0) is 12.8 Å². The van der Waals surface area contributed by atoms with Crippen molar-refractivity contribution in [2.75, 3.05) is 13.2 Å². The van der Waals surface area contributed by atoms with Crippen molar-refractivity contribution in [3.05, 3.63) is 0 Å². The molecule has 7 heavy (non-hydrogen) atoms. The van der Waals surface area contributed by atoms with Crippen LogP contribution in [0.2, 0.25) is 0 Å². The summed E-state index contributed by atoms with van der Waals surface area (Å²) in [5.74, 6) is 0. The van der Waals surface area contributed by atoms with Crippen molar-refractivity contribution in [2.45, 2.75) is 12.8 Å². The fourth-order valence-electron chi connectivity index (χ4n) is 0.440. The SMILES string of the molecule is C1CCOOC1.[H-].[Na+]. The third kappa shape index (κ3) is 3.50. The normalized spacial score (nSPS) is 20.6. The minimum atomic E-state index is 0. The van der Waals surface area contributed by atoms with Gasteiger partial charge in [0.2, 0.25) is 0 Å². The second-order valence-electron chi connectivity index (χ2n) is 1.35. The van der Waals surface area contributed by atoms with E-state index in [1.165, 1.54) is 0 Å². The molecule has 0 aromatic heterocycles. The molecule has 1 aliphatic rings. The van der Waals surface area contributed by atoms with Gasteiger partial charge >= 0.3 is 29.6 Å². The molecule has 0 aromatic carbocycles. The first kappa shape index (κ1) is 7.92. The molecule has 1 aliphatic heterocycles. The topological polar surface area (TPSA) is 18.5 Å². The van der Waals surface area contributed by atoms with Crippen LogP contribution < -0.4 is 29.6 Å². The van der Waals surface area contributed by atoms with E-state index in [1.807, 2.05) is 0 Å². The molecule has 0 unspecified atom stereocenters. The summed E-state index contributed by atoms with van der Waals surface area (Å²) in [6.45, 7) is 1.56. The van der Waals surface area contributed by atoms with Gasteiger partial charge in [0.25, 0.3) is 0 Å². The molecule has 0 amide bonds. The molecular formula is C4H9NaO2. The van der Waals surface area contributed by atoms with Gasteiger partial charge in [0.15, 0.2) is 0 Å². The van der Waals surface area contributed by atoms with Crippen molar-refractivity contribution in [1.82, 2.24) is 0 Å². The third-order valence-electron chi connectivity index (χ3n) is 0.789. The first-order valence-corrected chi connectivity index (χ1v) is 2.24. The van der Waals surface area contributed by atoms with Gasteiger partial charge < -0.3 is 1.43 Å². The summed E-state index contributed by atoms with van der Waals surface area (Å²) in [7, 11) is 0. The summed E-state index contributed by atoms with van der Waals surface area (Å²) in [4.78, 5) is 9.14. The summed E-state index contributed by atoms with van der Waals surface area (Å²) in [6.07, 6.45) is 2.31. The van der Waals surface area contributed by atoms with Crippen LogP contribution >= 0.6 is 0 Å². The van der Waals surface area contributed by atoms with Gasteiger partial charge in [-0.2, -0.15) is 0 Å². The van der Waals surface area contributed by atoms with E-state index in [4.69, 9.17) is 0 Å². The average Bonchev–Trinajstić information content (AvgIpc) is 1.72. The number of hydrogen-bond acceptors (Lipinski definition) is 2. The summed E-state index contributed by atoms with van der Waals surface area (Å²) < 4.78 is 0. The first-order chi connectivity index (χ1) is 3.00. The van der Waals surface area contributed by atoms with E-state index >= 15 is 0 Å². The Bertz CT molecular complexity index is 29.5. The molecule has 2 nitrogen and oxygen atoms in total. The Morgan fingerprint density at radius 1 is 1.00 bits per heavy atom. The maximum absolute atomic E-state index is 4.57. The van der Waals surface area contributed by atoms with Crippen LogP contribution in [0.4, 0.5) is 0 Å². The van der Waals surface area contributed by atoms with Crippen molar-refractivity contribution in [2.24, 2.45) is 0 Å². The molecule has 1 saturated heterocycles. The fourth-order valence-corrected chi connectivity index (χ4v) is 0.440. The molecule has 1 heterocycles. The summed E-state index contributed by atoms with van der Waals surface area (Å²) in [5, 5.41) is 0. The Balaban J connectivity index is 0. The largest absolute Gasteiger partial charge is 1.00 e. The van der Waals surface area contributed by atoms with Gasteiger partial charge in [-0.1, -0.05) is 0 Å². The molecule has 0 aliphatic carbocycles. The second-order valence-corrected chi connectivity index (χ2v) is 1.35. The second kappa shape index (κ2) is 5.06. The minimum Gasteiger partial charge on any atom is -1.00 e. The van der Waals surface area contributed by atoms with Crippen molar-refractivity contribution >= 4 is 0 Å². The standard InChI is InChI=1S/C4H8O2.Na.H/c1-2-4-6-5-3-1;;/h1-4H2;;/q;+1;-1. The van der Waals surface area contributed by atoms with E-state index in [-0.39, 0.29) is 31.0 Å². The quantitative estimate of drug-likeness (QED) is 0.262. The predicted octanol–water partition coefficient (Wildman–Crippen LogP) is -2.16. The van der Waals surface area contributed by atoms with E-state index in [0.29, 0.717) is 0 Å². The Labute approximate surface area is 66.9 Å². The van der Waals surface area contributed by atoms with Crippen LogP contribution in [0.1, 0.15) is 14.3 Å². The zero-order valence-corrected chi connectivity index (χ0v) is 6.64. The van der Waals surface area contributed by atoms with Crippen LogP contribution in [-0.2, 0) is 9.78 Å². The van der Waals surface area contributed by atoms with E-state index in [2.05, 4.69) is 9.78 Å². The molecule has 0 aromatic rings. The molecule has 3 heteroatoms. The average molecular weight is 112 g/mol. The van der Waals surface area contributed by atoms with Gasteiger partial charge in [-0.25, -0.2) is 9.78 Å². The van der Waals surface area contributed by atoms with Crippen LogP contribution in [-0.4, -0.2) is 13.2 Å². The van der Waals surface area contributed by atoms with Gasteiger partial charge in [0.05, 0.1) is 13.2 Å². The Morgan fingerprint density at radius 3 is 1.57 bits per heavy atom. The molecule has 0 radical (unpaired) electrons. The molecular weight excluding hydrogens is 103 g/mol. The van der Waals surface area contributed by atoms with Crippen LogP contribution in [0.3, 0.4) is 0 Å². The monoisotopic (exact) mass is 112 g/mol. The Kier molecular flexibility index (Phi) is 5.73. The van der Waals surface area contributed by atoms with Crippen LogP contribution in [0, 0.1) is 0 Å². The van der Waals surface area contributed by atoms with Crippen molar-refractivity contribution in [3.63, 3.8) is 0 Å². The number of rotatable bonds is 0. The smallest absolute Gasteiger partial charge is 1.00 e. The van der Waals surface area contributed by atoms with E-state index in [1.54, 1.807) is 0 Å². The summed E-state index contributed by atoms with van der Waals surface area (Å²) in [6, 6.07) is 0. The molecule has 0 spiro atoms. The molecule has 0 saturated carbocycles. The van der Waals surface area contributed by atoms with E-state index in [9.17, 15) is 0 Å². The Morgan fingerprint density at radius 2 is 1.43 bits per heavy atom. The zero-order chi connectivity index (χ0) is 4.24. The minimum absolute atomic E-state index is 0. The van der Waals surface area contributed by atoms with E-state index in [0.717, 1.165) is 26.1 Å². The zero-order valence-electron chi connectivity index (χ0n) is 5.64. The fraction of sp³-hybridized carbons (Fsp3) is 1.00. The molecule has 0 atom stereocenters. The Hall–Kier alpha value is 0.920. The molecule has 0 bridgehead atoms. The van der Waals surface area contributed by atoms with Gasteiger partial charge in [0.1, 0.15) is 0 Å². The molecule has 1 rings (SSSR count). The van der Waals surface area contributed by atoms with Crippen LogP contribution in [0.25, 0.3) is 0 Å². The van der Waals surface area contributed by atoms with Gasteiger partial charge in [0, 0.05) is 0 Å². The third-order valence-corrected chi connectivity index (χ3v) is 0.789.